The molecule has 1 N–H and O–H groups in total. The van der Waals surface area contributed by atoms with Crippen LogP contribution in [0.4, 0.5) is 0 Å². The number of methoxy groups -OCH3 is 1. The van der Waals surface area contributed by atoms with Crippen LogP contribution in [0, 0.1) is 6.92 Å². The molecule has 0 saturated carbocycles. The van der Waals surface area contributed by atoms with Gasteiger partial charge in [-0.25, -0.2) is 4.79 Å². The molecule has 0 aliphatic carbocycles. The number of rotatable bonds is 2. The fraction of sp³-hybridized carbons (Fsp3) is 0.526. The van der Waals surface area contributed by atoms with Crippen LogP contribution >= 0.6 is 0 Å². The minimum atomic E-state index is -0.615. The van der Waals surface area contributed by atoms with E-state index in [1.807, 2.05) is 13.8 Å². The van der Waals surface area contributed by atoms with Crippen LogP contribution in [-0.4, -0.2) is 43.2 Å². The zero-order valence-corrected chi connectivity index (χ0v) is 14.5. The van der Waals surface area contributed by atoms with Crippen LogP contribution in [0.2, 0.25) is 0 Å². The lowest BCUT2D eigenvalue weighted by Gasteiger charge is -2.31. The van der Waals surface area contributed by atoms with E-state index in [9.17, 15) is 4.79 Å². The lowest BCUT2D eigenvalue weighted by atomic mass is 9.89. The van der Waals surface area contributed by atoms with Gasteiger partial charge in [0.2, 0.25) is 0 Å². The van der Waals surface area contributed by atoms with Gasteiger partial charge in [-0.1, -0.05) is 29.8 Å². The molecule has 3 heterocycles. The van der Waals surface area contributed by atoms with Crippen LogP contribution in [0.15, 0.2) is 29.8 Å². The average Bonchev–Trinajstić information content (AvgIpc) is 3.00. The molecule has 3 aliphatic heterocycles. The van der Waals surface area contributed by atoms with Crippen molar-refractivity contribution >= 4 is 11.5 Å². The van der Waals surface area contributed by atoms with Crippen molar-refractivity contribution in [1.82, 2.24) is 5.32 Å². The Kier molecular flexibility index (Phi) is 3.56. The van der Waals surface area contributed by atoms with Gasteiger partial charge in [0.05, 0.1) is 18.7 Å². The van der Waals surface area contributed by atoms with Gasteiger partial charge in [0, 0.05) is 6.04 Å². The second-order valence-corrected chi connectivity index (χ2v) is 7.27. The quantitative estimate of drug-likeness (QED) is 0.843. The number of carbonyl (C=O) groups excluding carboxylic acids is 1. The molecule has 3 aliphatic rings. The first-order chi connectivity index (χ1) is 11.4. The summed E-state index contributed by atoms with van der Waals surface area (Å²) in [4.78, 5) is 12.5. The number of nitrogens with one attached hydrogen (secondary N) is 1. The molecule has 0 radical (unpaired) electrons. The summed E-state index contributed by atoms with van der Waals surface area (Å²) >= 11 is 0. The van der Waals surface area contributed by atoms with Gasteiger partial charge in [0.25, 0.3) is 0 Å². The molecule has 0 spiro atoms. The summed E-state index contributed by atoms with van der Waals surface area (Å²) in [7, 11) is 1.43. The van der Waals surface area contributed by atoms with Gasteiger partial charge in [0.15, 0.2) is 5.79 Å². The molecule has 1 aromatic rings. The highest BCUT2D eigenvalue weighted by Crippen LogP contribution is 2.45. The maximum atomic E-state index is 12.5. The molecular weight excluding hydrogens is 306 g/mol. The minimum absolute atomic E-state index is 0.0485. The predicted molar refractivity (Wildman–Crippen MR) is 89.3 cm³/mol. The average molecular weight is 329 g/mol. The molecule has 0 aromatic heterocycles. The Balaban J connectivity index is 1.79. The van der Waals surface area contributed by atoms with E-state index in [0.29, 0.717) is 5.57 Å². The Hall–Kier alpha value is -1.69. The Labute approximate surface area is 142 Å². The van der Waals surface area contributed by atoms with Gasteiger partial charge < -0.3 is 19.5 Å². The van der Waals surface area contributed by atoms with Crippen molar-refractivity contribution in [1.29, 1.82) is 0 Å². The first-order valence-corrected chi connectivity index (χ1v) is 8.40. The molecule has 0 amide bonds. The Morgan fingerprint density at radius 2 is 1.88 bits per heavy atom. The van der Waals surface area contributed by atoms with E-state index in [4.69, 9.17) is 14.2 Å². The fourth-order valence-electron chi connectivity index (χ4n) is 4.13. The number of ether oxygens (including phenoxy) is 3. The maximum Gasteiger partial charge on any atom is 0.335 e. The molecule has 0 unspecified atom stereocenters. The van der Waals surface area contributed by atoms with Crippen LogP contribution in [-0.2, 0) is 19.0 Å². The molecule has 2 saturated heterocycles. The van der Waals surface area contributed by atoms with E-state index in [1.54, 1.807) is 0 Å². The zero-order valence-electron chi connectivity index (χ0n) is 14.5. The zero-order chi connectivity index (χ0) is 17.1. The van der Waals surface area contributed by atoms with Crippen LogP contribution < -0.4 is 5.32 Å². The molecule has 5 heteroatoms. The molecule has 5 nitrogen and oxygen atoms in total. The van der Waals surface area contributed by atoms with E-state index in [0.717, 1.165) is 17.6 Å². The third-order valence-electron chi connectivity index (χ3n) is 5.15. The second-order valence-electron chi connectivity index (χ2n) is 7.27. The number of aryl methyl sites for hydroxylation is 1. The summed E-state index contributed by atoms with van der Waals surface area (Å²) in [5.74, 6) is -0.910. The first-order valence-electron chi connectivity index (χ1n) is 8.40. The third-order valence-corrected chi connectivity index (χ3v) is 5.15. The Morgan fingerprint density at radius 1 is 1.21 bits per heavy atom. The van der Waals surface area contributed by atoms with E-state index in [1.165, 1.54) is 12.7 Å². The predicted octanol–water partition coefficient (Wildman–Crippen LogP) is 2.19. The summed E-state index contributed by atoms with van der Waals surface area (Å²) < 4.78 is 17.3. The van der Waals surface area contributed by atoms with E-state index >= 15 is 0 Å². The van der Waals surface area contributed by atoms with Crippen molar-refractivity contribution in [2.24, 2.45) is 0 Å². The molecule has 2 fully saturated rings. The minimum Gasteiger partial charge on any atom is -0.466 e. The van der Waals surface area contributed by atoms with Gasteiger partial charge in [0.1, 0.15) is 12.2 Å². The van der Waals surface area contributed by atoms with Gasteiger partial charge in [-0.2, -0.15) is 0 Å². The van der Waals surface area contributed by atoms with Crippen molar-refractivity contribution in [3.8, 4) is 0 Å². The highest BCUT2D eigenvalue weighted by Gasteiger charge is 2.58. The van der Waals surface area contributed by atoms with Gasteiger partial charge in [-0.15, -0.1) is 0 Å². The van der Waals surface area contributed by atoms with Crippen molar-refractivity contribution in [3.05, 3.63) is 41.0 Å². The lowest BCUT2D eigenvalue weighted by Crippen LogP contribution is -2.45. The number of hydrogen-bond donors (Lipinski definition) is 1. The van der Waals surface area contributed by atoms with Crippen molar-refractivity contribution in [2.45, 2.75) is 57.3 Å². The molecule has 2 bridgehead atoms. The van der Waals surface area contributed by atoms with Crippen LogP contribution in [0.3, 0.4) is 0 Å². The van der Waals surface area contributed by atoms with Crippen molar-refractivity contribution < 1.29 is 19.0 Å². The first kappa shape index (κ1) is 15.8. The molecule has 24 heavy (non-hydrogen) atoms. The van der Waals surface area contributed by atoms with Crippen molar-refractivity contribution in [3.63, 3.8) is 0 Å². The summed E-state index contributed by atoms with van der Waals surface area (Å²) in [5, 5.41) is 3.50. The molecule has 1 aromatic carbocycles. The smallest absolute Gasteiger partial charge is 0.335 e. The third kappa shape index (κ3) is 2.39. The number of fused-ring (bicyclic) bond motifs is 5. The van der Waals surface area contributed by atoms with Crippen LogP contribution in [0.5, 0.6) is 0 Å². The largest absolute Gasteiger partial charge is 0.466 e. The van der Waals surface area contributed by atoms with Gasteiger partial charge in [-0.3, -0.25) is 0 Å². The lowest BCUT2D eigenvalue weighted by molar-refractivity contribution is -0.157. The highest BCUT2D eigenvalue weighted by molar-refractivity contribution is 6.00. The van der Waals surface area contributed by atoms with Crippen molar-refractivity contribution in [2.75, 3.05) is 7.11 Å². The molecule has 128 valence electrons. The topological polar surface area (TPSA) is 56.8 Å². The van der Waals surface area contributed by atoms with Crippen LogP contribution in [0.1, 0.15) is 31.4 Å². The number of benzene rings is 1. The number of esters is 1. The summed E-state index contributed by atoms with van der Waals surface area (Å²) in [6.07, 6.45) is 0.514. The monoisotopic (exact) mass is 329 g/mol. The molecular formula is C19H23NO4. The van der Waals surface area contributed by atoms with Crippen LogP contribution in [0.25, 0.3) is 5.57 Å². The second kappa shape index (κ2) is 5.41. The summed E-state index contributed by atoms with van der Waals surface area (Å²) in [5.41, 5.74) is 3.97. The SMILES string of the molecule is COC(=O)C1=C(c2ccc(C)cc2)C[C@H]2N[C@@H]1[C@@H]1OC(C)(C)O[C@@H]12. The van der Waals surface area contributed by atoms with Gasteiger partial charge >= 0.3 is 5.97 Å². The summed E-state index contributed by atoms with van der Waals surface area (Å²) in [6.45, 7) is 5.90. The van der Waals surface area contributed by atoms with E-state index in [-0.39, 0.29) is 30.3 Å². The normalized spacial score (nSPS) is 33.5. The molecule has 4 atom stereocenters. The molecule has 4 rings (SSSR count). The fourth-order valence-corrected chi connectivity index (χ4v) is 4.13. The number of carbonyl (C=O) groups is 1. The standard InChI is InChI=1S/C19H23NO4/c1-10-5-7-11(8-6-10)12-9-13-16-17(24-19(2,3)23-16)15(20-13)14(12)18(21)22-4/h5-8,13,15-17,20H,9H2,1-4H3/t13-,15+,16-,17+/m1/s1. The van der Waals surface area contributed by atoms with E-state index in [2.05, 4.69) is 36.5 Å². The van der Waals surface area contributed by atoms with Gasteiger partial charge in [-0.05, 0) is 38.3 Å². The Bertz CT molecular complexity index is 707. The summed E-state index contributed by atoms with van der Waals surface area (Å²) in [6, 6.07) is 8.22. The maximum absolute atomic E-state index is 12.5. The van der Waals surface area contributed by atoms with E-state index < -0.39 is 5.79 Å². The number of hydrogen-bond acceptors (Lipinski definition) is 5. The highest BCUT2D eigenvalue weighted by atomic mass is 16.8. The Morgan fingerprint density at radius 3 is 2.54 bits per heavy atom.